The first-order valence-electron chi connectivity index (χ1n) is 6.52. The van der Waals surface area contributed by atoms with Crippen molar-refractivity contribution in [2.45, 2.75) is 19.5 Å². The van der Waals surface area contributed by atoms with Crippen LogP contribution in [-0.2, 0) is 6.54 Å². The summed E-state index contributed by atoms with van der Waals surface area (Å²) in [6, 6.07) is 10.7. The number of rotatable bonds is 5. The average Bonchev–Trinajstić information content (AvgIpc) is 3.13. The minimum atomic E-state index is 0.277. The van der Waals surface area contributed by atoms with E-state index in [-0.39, 0.29) is 6.04 Å². The van der Waals surface area contributed by atoms with E-state index in [2.05, 4.69) is 46.6 Å². The molecule has 0 aliphatic carbocycles. The van der Waals surface area contributed by atoms with Gasteiger partial charge in [0, 0.05) is 29.2 Å². The standard InChI is InChI=1S/C15H16N4S/c1-12(15-9-16-11-20-15)18-14-5-3-13(4-6-14)10-19-8-2-7-17-19/h2-9,11-12,18H,10H2,1H3. The maximum absolute atomic E-state index is 4.21. The fourth-order valence-electron chi connectivity index (χ4n) is 2.05. The molecule has 1 atom stereocenters. The van der Waals surface area contributed by atoms with E-state index in [1.807, 2.05) is 28.7 Å². The van der Waals surface area contributed by atoms with Crippen LogP contribution in [0.5, 0.6) is 0 Å². The first-order chi connectivity index (χ1) is 9.81. The van der Waals surface area contributed by atoms with Gasteiger partial charge in [0.25, 0.3) is 0 Å². The second-order valence-corrected chi connectivity index (χ2v) is 5.59. The van der Waals surface area contributed by atoms with Crippen molar-refractivity contribution in [2.75, 3.05) is 5.32 Å². The summed E-state index contributed by atoms with van der Waals surface area (Å²) in [6.45, 7) is 2.95. The molecule has 0 aliphatic rings. The van der Waals surface area contributed by atoms with Crippen molar-refractivity contribution in [1.29, 1.82) is 0 Å². The molecular weight excluding hydrogens is 268 g/mol. The van der Waals surface area contributed by atoms with Gasteiger partial charge in [0.1, 0.15) is 0 Å². The lowest BCUT2D eigenvalue weighted by atomic mass is 10.2. The molecule has 1 aromatic carbocycles. The Bertz CT molecular complexity index is 629. The topological polar surface area (TPSA) is 42.7 Å². The van der Waals surface area contributed by atoms with Gasteiger partial charge in [0.2, 0.25) is 0 Å². The molecule has 20 heavy (non-hydrogen) atoms. The van der Waals surface area contributed by atoms with Crippen molar-refractivity contribution in [3.8, 4) is 0 Å². The van der Waals surface area contributed by atoms with Gasteiger partial charge in [-0.3, -0.25) is 9.67 Å². The van der Waals surface area contributed by atoms with E-state index >= 15 is 0 Å². The van der Waals surface area contributed by atoms with Crippen LogP contribution in [0, 0.1) is 0 Å². The predicted octanol–water partition coefficient (Wildman–Crippen LogP) is 3.56. The summed E-state index contributed by atoms with van der Waals surface area (Å²) >= 11 is 1.67. The maximum Gasteiger partial charge on any atom is 0.0795 e. The van der Waals surface area contributed by atoms with Gasteiger partial charge in [-0.05, 0) is 30.7 Å². The predicted molar refractivity (Wildman–Crippen MR) is 81.9 cm³/mol. The zero-order valence-corrected chi connectivity index (χ0v) is 12.0. The Morgan fingerprint density at radius 2 is 2.15 bits per heavy atom. The molecule has 0 bridgehead atoms. The minimum absolute atomic E-state index is 0.277. The van der Waals surface area contributed by atoms with Crippen molar-refractivity contribution < 1.29 is 0 Å². The van der Waals surface area contributed by atoms with Crippen LogP contribution in [0.15, 0.2) is 54.4 Å². The summed E-state index contributed by atoms with van der Waals surface area (Å²) < 4.78 is 1.92. The molecule has 4 nitrogen and oxygen atoms in total. The molecular formula is C15H16N4S. The third-order valence-corrected chi connectivity index (χ3v) is 4.08. The molecule has 5 heteroatoms. The van der Waals surface area contributed by atoms with Crippen molar-refractivity contribution in [3.05, 3.63) is 64.9 Å². The number of hydrogen-bond acceptors (Lipinski definition) is 4. The molecule has 0 aliphatic heterocycles. The number of benzene rings is 1. The highest BCUT2D eigenvalue weighted by atomic mass is 32.1. The molecule has 0 fully saturated rings. The number of anilines is 1. The third kappa shape index (κ3) is 3.05. The molecule has 0 spiro atoms. The molecule has 1 N–H and O–H groups in total. The highest BCUT2D eigenvalue weighted by Crippen LogP contribution is 2.22. The molecule has 1 unspecified atom stereocenters. The average molecular weight is 284 g/mol. The van der Waals surface area contributed by atoms with E-state index in [4.69, 9.17) is 0 Å². The van der Waals surface area contributed by atoms with Crippen molar-refractivity contribution in [3.63, 3.8) is 0 Å². The molecule has 2 heterocycles. The number of aromatic nitrogens is 3. The first-order valence-corrected chi connectivity index (χ1v) is 7.40. The van der Waals surface area contributed by atoms with Crippen LogP contribution >= 0.6 is 11.3 Å². The zero-order valence-electron chi connectivity index (χ0n) is 11.2. The Morgan fingerprint density at radius 3 is 2.80 bits per heavy atom. The zero-order chi connectivity index (χ0) is 13.8. The van der Waals surface area contributed by atoms with Crippen LogP contribution in [0.3, 0.4) is 0 Å². The summed E-state index contributed by atoms with van der Waals surface area (Å²) in [7, 11) is 0. The second-order valence-electron chi connectivity index (χ2n) is 4.67. The Balaban J connectivity index is 1.64. The lowest BCUT2D eigenvalue weighted by Crippen LogP contribution is -2.05. The SMILES string of the molecule is CC(Nc1ccc(Cn2cccn2)cc1)c1cncs1. The van der Waals surface area contributed by atoms with Gasteiger partial charge in [-0.25, -0.2) is 0 Å². The van der Waals surface area contributed by atoms with Crippen LogP contribution in [0.4, 0.5) is 5.69 Å². The molecule has 0 amide bonds. The quantitative estimate of drug-likeness (QED) is 0.779. The van der Waals surface area contributed by atoms with Gasteiger partial charge in [-0.15, -0.1) is 11.3 Å². The van der Waals surface area contributed by atoms with Gasteiger partial charge in [-0.1, -0.05) is 12.1 Å². The van der Waals surface area contributed by atoms with E-state index in [1.54, 1.807) is 17.5 Å². The highest BCUT2D eigenvalue weighted by molar-refractivity contribution is 7.09. The monoisotopic (exact) mass is 284 g/mol. The summed E-state index contributed by atoms with van der Waals surface area (Å²) in [5.74, 6) is 0. The Kier molecular flexibility index (Phi) is 3.78. The van der Waals surface area contributed by atoms with Gasteiger partial charge >= 0.3 is 0 Å². The van der Waals surface area contributed by atoms with Crippen molar-refractivity contribution >= 4 is 17.0 Å². The second kappa shape index (κ2) is 5.88. The Hall–Kier alpha value is -2.14. The lowest BCUT2D eigenvalue weighted by Gasteiger charge is -2.13. The number of thiazole rings is 1. The van der Waals surface area contributed by atoms with Crippen LogP contribution in [-0.4, -0.2) is 14.8 Å². The largest absolute Gasteiger partial charge is 0.378 e. The van der Waals surface area contributed by atoms with Crippen LogP contribution in [0.1, 0.15) is 23.4 Å². The highest BCUT2D eigenvalue weighted by Gasteiger charge is 2.06. The smallest absolute Gasteiger partial charge is 0.0795 e. The van der Waals surface area contributed by atoms with E-state index in [0.29, 0.717) is 0 Å². The van der Waals surface area contributed by atoms with Gasteiger partial charge in [0.15, 0.2) is 0 Å². The maximum atomic E-state index is 4.21. The summed E-state index contributed by atoms with van der Waals surface area (Å²) in [5.41, 5.74) is 4.22. The molecule has 0 saturated heterocycles. The van der Waals surface area contributed by atoms with Crippen LogP contribution < -0.4 is 5.32 Å². The van der Waals surface area contributed by atoms with Gasteiger partial charge < -0.3 is 5.32 Å². The van der Waals surface area contributed by atoms with Crippen LogP contribution in [0.25, 0.3) is 0 Å². The fourth-order valence-corrected chi connectivity index (χ4v) is 2.68. The Labute approximate surface area is 122 Å². The third-order valence-electron chi connectivity index (χ3n) is 3.12. The van der Waals surface area contributed by atoms with E-state index in [1.165, 1.54) is 10.4 Å². The minimum Gasteiger partial charge on any atom is -0.378 e. The number of nitrogens with zero attached hydrogens (tertiary/aromatic N) is 3. The Morgan fingerprint density at radius 1 is 1.30 bits per heavy atom. The van der Waals surface area contributed by atoms with E-state index < -0.39 is 0 Å². The van der Waals surface area contributed by atoms with Gasteiger partial charge in [0.05, 0.1) is 18.1 Å². The molecule has 3 aromatic rings. The molecule has 3 rings (SSSR count). The molecule has 102 valence electrons. The van der Waals surface area contributed by atoms with Gasteiger partial charge in [-0.2, -0.15) is 5.10 Å². The van der Waals surface area contributed by atoms with Crippen molar-refractivity contribution in [1.82, 2.24) is 14.8 Å². The normalized spacial score (nSPS) is 12.2. The number of hydrogen-bond donors (Lipinski definition) is 1. The first kappa shape index (κ1) is 12.9. The fraction of sp³-hybridized carbons (Fsp3) is 0.200. The van der Waals surface area contributed by atoms with E-state index in [0.717, 1.165) is 12.2 Å². The molecule has 2 aromatic heterocycles. The van der Waals surface area contributed by atoms with E-state index in [9.17, 15) is 0 Å². The lowest BCUT2D eigenvalue weighted by molar-refractivity contribution is 0.687. The molecule has 0 saturated carbocycles. The van der Waals surface area contributed by atoms with Crippen LogP contribution in [0.2, 0.25) is 0 Å². The summed E-state index contributed by atoms with van der Waals surface area (Å²) in [4.78, 5) is 5.35. The summed E-state index contributed by atoms with van der Waals surface area (Å²) in [5, 5.41) is 7.69. The summed E-state index contributed by atoms with van der Waals surface area (Å²) in [6.07, 6.45) is 5.68. The van der Waals surface area contributed by atoms with Crippen molar-refractivity contribution in [2.24, 2.45) is 0 Å². The molecule has 0 radical (unpaired) electrons. The number of nitrogens with one attached hydrogen (secondary N) is 1.